The monoisotopic (exact) mass is 1520 g/mol. The van der Waals surface area contributed by atoms with Gasteiger partial charge >= 0.3 is 47.8 Å². The first kappa shape index (κ1) is 76.3. The number of carbonyl (C=O) groups is 8. The first-order chi connectivity index (χ1) is 54.6. The minimum atomic E-state index is -1.61. The van der Waals surface area contributed by atoms with Crippen molar-refractivity contribution in [2.75, 3.05) is 28.4 Å². The average Bonchev–Trinajstić information content (AvgIpc) is 0.772. The van der Waals surface area contributed by atoms with Crippen molar-refractivity contribution in [1.29, 1.82) is 0 Å². The smallest absolute Gasteiger partial charge is 0.338 e. The highest BCUT2D eigenvalue weighted by Gasteiger charge is 2.56. The Bertz CT molecular complexity index is 4800. The van der Waals surface area contributed by atoms with Gasteiger partial charge in [-0.25, -0.2) is 47.7 Å². The molecule has 2 saturated heterocycles. The van der Waals surface area contributed by atoms with Crippen LogP contribution in [-0.2, 0) is 73.7 Å². The van der Waals surface area contributed by atoms with Crippen LogP contribution in [-0.4, -0.2) is 155 Å². The lowest BCUT2D eigenvalue weighted by atomic mass is 9.89. The fourth-order valence-electron chi connectivity index (χ4n) is 12.7. The summed E-state index contributed by atoms with van der Waals surface area (Å²) >= 11 is 0. The van der Waals surface area contributed by atoms with E-state index in [9.17, 15) is 38.4 Å². The molecule has 0 amide bonds. The van der Waals surface area contributed by atoms with Gasteiger partial charge < -0.3 is 66.3 Å². The van der Waals surface area contributed by atoms with Gasteiger partial charge in [0.05, 0.1) is 98.4 Å². The number of esters is 8. The van der Waals surface area contributed by atoms with Gasteiger partial charge in [0.25, 0.3) is 0 Å². The summed E-state index contributed by atoms with van der Waals surface area (Å²) in [6.07, 6.45) is -11.8. The van der Waals surface area contributed by atoms with Crippen molar-refractivity contribution in [2.24, 2.45) is 0 Å². The zero-order chi connectivity index (χ0) is 78.0. The van der Waals surface area contributed by atoms with Crippen molar-refractivity contribution < 1.29 is 105 Å². The van der Waals surface area contributed by atoms with E-state index in [1.807, 2.05) is 0 Å². The Morgan fingerprint density at radius 1 is 0.312 bits per heavy atom. The molecule has 0 N–H and O–H groups in total. The highest BCUT2D eigenvalue weighted by Crippen LogP contribution is 2.45. The van der Waals surface area contributed by atoms with Crippen molar-refractivity contribution in [1.82, 2.24) is 30.0 Å². The highest BCUT2D eigenvalue weighted by atomic mass is 16.7. The van der Waals surface area contributed by atoms with E-state index in [2.05, 4.69) is 20.6 Å². The summed E-state index contributed by atoms with van der Waals surface area (Å²) in [5.41, 5.74) is 1.59. The molecule has 0 aliphatic carbocycles. The van der Waals surface area contributed by atoms with Crippen LogP contribution in [0, 0.1) is 0 Å². The SMILES string of the molecule is COc1ccc(OC)c([C@@H]2O[C@H](Cn3cc(COC(=O)c4cccc(C(=O)OCc5cn(C[C@H]6O[C@@H](c7cc(OC)ccc7OC)[C@H](OC(=O)c7ccccc7)[C@@H](OC(=O)c7ccccc7)[C@@H]6OC(=O)c6ccccc6)nn5)c4)nn3)[C@@H](OC(=O)c3ccccc3)[C@H](OC(=O)c3ccccc3)[C@H]2OC(=O)c2ccccc2)c1. The largest absolute Gasteiger partial charge is 0.497 e. The van der Waals surface area contributed by atoms with Crippen molar-refractivity contribution >= 4 is 47.8 Å². The zero-order valence-corrected chi connectivity index (χ0v) is 60.5. The highest BCUT2D eigenvalue weighted by molar-refractivity contribution is 5.96. The minimum absolute atomic E-state index is 0.0474. The number of aromatic nitrogens is 6. The molecule has 2 aliphatic heterocycles. The van der Waals surface area contributed by atoms with Gasteiger partial charge in [-0.15, -0.1) is 10.2 Å². The number of carbonyl (C=O) groups excluding carboxylic acids is 8. The van der Waals surface area contributed by atoms with Crippen LogP contribution >= 0.6 is 0 Å². The van der Waals surface area contributed by atoms with E-state index in [0.29, 0.717) is 22.6 Å². The molecular weight excluding hydrogens is 1440 g/mol. The molecule has 0 saturated carbocycles. The summed E-state index contributed by atoms with van der Waals surface area (Å²) in [5, 5.41) is 17.2. The molecule has 13 rings (SSSR count). The van der Waals surface area contributed by atoms with Crippen LogP contribution in [0.5, 0.6) is 23.0 Å². The molecule has 112 heavy (non-hydrogen) atoms. The second kappa shape index (κ2) is 35.9. The van der Waals surface area contributed by atoms with E-state index in [1.54, 1.807) is 170 Å². The Morgan fingerprint density at radius 2 is 0.598 bits per heavy atom. The molecule has 11 aromatic rings. The van der Waals surface area contributed by atoms with Crippen molar-refractivity contribution in [3.63, 3.8) is 0 Å². The van der Waals surface area contributed by atoms with Gasteiger partial charge in [-0.2, -0.15) is 0 Å². The number of nitrogens with zero attached hydrogens (tertiary/aromatic N) is 6. The maximum Gasteiger partial charge on any atom is 0.338 e. The summed E-state index contributed by atoms with van der Waals surface area (Å²) < 4.78 is 89.1. The molecule has 9 aromatic carbocycles. The maximum atomic E-state index is 14.4. The van der Waals surface area contributed by atoms with Crippen LogP contribution in [0.3, 0.4) is 0 Å². The van der Waals surface area contributed by atoms with E-state index in [1.165, 1.54) is 123 Å². The van der Waals surface area contributed by atoms with Crippen molar-refractivity contribution in [3.05, 3.63) is 322 Å². The van der Waals surface area contributed by atoms with Crippen LogP contribution in [0.4, 0.5) is 0 Å². The topological polar surface area (TPSA) is 327 Å². The van der Waals surface area contributed by atoms with E-state index in [4.69, 9.17) is 66.3 Å². The van der Waals surface area contributed by atoms with Crippen molar-refractivity contribution in [2.45, 2.75) is 87.3 Å². The average molecular weight is 1520 g/mol. The van der Waals surface area contributed by atoms with Crippen LogP contribution in [0.2, 0.25) is 0 Å². The standard InChI is InChI=1S/C84H72N6O22/c1-99-61-38-40-65(101-3)63(43-61)69-73(109-81(95)53-28-15-7-16-29-53)75(111-83(97)55-32-19-9-20-33-55)71(107-79(93)51-24-11-5-12-25-51)67(105-69)47-89-45-59(85-87-89)49-103-77(91)57-36-23-37-58(42-57)78(92)104-50-60-46-90(88-86-60)48-68-72(108-80(94)52-26-13-6-14-27-52)76(112-84(98)56-34-21-10-22-35-56)74(110-82(96)54-30-17-8-18-31-54)70(106-68)64-44-62(100-2)39-41-66(64)102-4/h5-46,67-76H,47-50H2,1-4H3/t67-,68-,69+,70+,71-,72-,73+,74+,75+,76+/m1/s1. The molecule has 0 radical (unpaired) electrons. The number of methoxy groups -OCH3 is 4. The number of rotatable bonds is 28. The van der Waals surface area contributed by atoms with E-state index >= 15 is 0 Å². The molecule has 28 heteroatoms. The predicted octanol–water partition coefficient (Wildman–Crippen LogP) is 11.3. The predicted molar refractivity (Wildman–Crippen MR) is 393 cm³/mol. The van der Waals surface area contributed by atoms with Crippen LogP contribution in [0.1, 0.15) is 118 Å². The lowest BCUT2D eigenvalue weighted by Crippen LogP contribution is -2.59. The second-order valence-corrected chi connectivity index (χ2v) is 25.4. The molecule has 4 heterocycles. The second-order valence-electron chi connectivity index (χ2n) is 25.4. The molecule has 0 unspecified atom stereocenters. The normalized spacial score (nSPS) is 19.1. The van der Waals surface area contributed by atoms with E-state index in [0.717, 1.165) is 0 Å². The van der Waals surface area contributed by atoms with E-state index in [-0.39, 0.29) is 80.5 Å². The number of benzene rings is 9. The summed E-state index contributed by atoms with van der Waals surface area (Å²) in [7, 11) is 5.78. The fourth-order valence-corrected chi connectivity index (χ4v) is 12.7. The van der Waals surface area contributed by atoms with Gasteiger partial charge in [-0.05, 0) is 127 Å². The van der Waals surface area contributed by atoms with Gasteiger partial charge in [-0.1, -0.05) is 126 Å². The fraction of sp³-hybridized carbons (Fsp3) is 0.214. The van der Waals surface area contributed by atoms with Gasteiger partial charge in [0.1, 0.15) is 72.0 Å². The molecule has 0 spiro atoms. The summed E-state index contributed by atoms with van der Waals surface area (Å²) in [5.74, 6) is -5.51. The molecule has 570 valence electrons. The molecule has 28 nitrogen and oxygen atoms in total. The Hall–Kier alpha value is -13.9. The van der Waals surface area contributed by atoms with Gasteiger partial charge in [0, 0.05) is 11.1 Å². The maximum absolute atomic E-state index is 14.4. The quantitative estimate of drug-likeness (QED) is 0.0325. The summed E-state index contributed by atoms with van der Waals surface area (Å²) in [4.78, 5) is 114. The third-order valence-corrected chi connectivity index (χ3v) is 18.2. The minimum Gasteiger partial charge on any atom is -0.497 e. The van der Waals surface area contributed by atoms with Gasteiger partial charge in [-0.3, -0.25) is 0 Å². The molecule has 10 atom stereocenters. The Labute approximate surface area is 640 Å². The summed E-state index contributed by atoms with van der Waals surface area (Å²) in [6.45, 7) is -1.44. The first-order valence-corrected chi connectivity index (χ1v) is 35.2. The summed E-state index contributed by atoms with van der Waals surface area (Å²) in [6, 6.07) is 63.8. The van der Waals surface area contributed by atoms with Gasteiger partial charge in [0.15, 0.2) is 36.6 Å². The number of ether oxygens (including phenoxy) is 14. The van der Waals surface area contributed by atoms with Crippen LogP contribution in [0.25, 0.3) is 0 Å². The third-order valence-electron chi connectivity index (χ3n) is 18.2. The number of hydrogen-bond acceptors (Lipinski definition) is 26. The molecule has 0 bridgehead atoms. The Kier molecular flexibility index (Phi) is 24.5. The Balaban J connectivity index is 0.727. The molecular formula is C84H72N6O22. The zero-order valence-electron chi connectivity index (χ0n) is 60.5. The third kappa shape index (κ3) is 18.3. The Morgan fingerprint density at radius 3 is 0.893 bits per heavy atom. The molecule has 2 fully saturated rings. The van der Waals surface area contributed by atoms with Crippen LogP contribution < -0.4 is 18.9 Å². The van der Waals surface area contributed by atoms with E-state index < -0.39 is 122 Å². The first-order valence-electron chi connectivity index (χ1n) is 35.2. The lowest BCUT2D eigenvalue weighted by Gasteiger charge is -2.45. The lowest BCUT2D eigenvalue weighted by molar-refractivity contribution is -0.228. The molecule has 2 aromatic heterocycles. The molecule has 2 aliphatic rings. The van der Waals surface area contributed by atoms with Crippen LogP contribution in [0.15, 0.2) is 255 Å². The van der Waals surface area contributed by atoms with Gasteiger partial charge in [0.2, 0.25) is 0 Å². The van der Waals surface area contributed by atoms with Crippen molar-refractivity contribution in [3.8, 4) is 23.0 Å². The number of hydrogen-bond donors (Lipinski definition) is 0.